The average molecular weight is 241 g/mol. The molecule has 90 valence electrons. The minimum atomic E-state index is -0.136. The van der Waals surface area contributed by atoms with E-state index in [0.717, 1.165) is 16.7 Å². The quantitative estimate of drug-likeness (QED) is 0.737. The minimum Gasteiger partial charge on any atom is -0.467 e. The Labute approximate surface area is 103 Å². The number of carbonyl (C=O) groups is 1. The van der Waals surface area contributed by atoms with E-state index in [4.69, 9.17) is 4.42 Å². The number of furan rings is 1. The Balaban J connectivity index is 1.75. The third-order valence-electron chi connectivity index (χ3n) is 2.71. The van der Waals surface area contributed by atoms with Gasteiger partial charge >= 0.3 is 0 Å². The Morgan fingerprint density at radius 1 is 1.39 bits per heavy atom. The van der Waals surface area contributed by atoms with Crippen LogP contribution in [0, 0.1) is 0 Å². The number of H-pyrrole nitrogens is 1. The summed E-state index contributed by atoms with van der Waals surface area (Å²) in [6.45, 7) is 0.382. The first-order valence-electron chi connectivity index (χ1n) is 5.56. The van der Waals surface area contributed by atoms with Crippen LogP contribution in [0.1, 0.15) is 16.1 Å². The standard InChI is InChI=1S/C13H11N3O2/c17-13(14-8-11-2-1-5-18-11)9-3-4-10-7-15-16-12(10)6-9/h1-7H,8H2,(H,14,17)(H,15,16). The third-order valence-corrected chi connectivity index (χ3v) is 2.71. The molecule has 3 rings (SSSR count). The Morgan fingerprint density at radius 2 is 2.33 bits per heavy atom. The topological polar surface area (TPSA) is 70.9 Å². The van der Waals surface area contributed by atoms with Gasteiger partial charge in [0, 0.05) is 10.9 Å². The zero-order valence-electron chi connectivity index (χ0n) is 9.51. The average Bonchev–Trinajstić information content (AvgIpc) is 3.05. The predicted octanol–water partition coefficient (Wildman–Crippen LogP) is 2.09. The van der Waals surface area contributed by atoms with Crippen molar-refractivity contribution in [2.75, 3.05) is 0 Å². The molecule has 0 atom stereocenters. The molecule has 0 fully saturated rings. The molecule has 1 amide bonds. The molecule has 3 aromatic rings. The Morgan fingerprint density at radius 3 is 3.17 bits per heavy atom. The summed E-state index contributed by atoms with van der Waals surface area (Å²) in [4.78, 5) is 11.9. The summed E-state index contributed by atoms with van der Waals surface area (Å²) in [6, 6.07) is 9.02. The Hall–Kier alpha value is -2.56. The van der Waals surface area contributed by atoms with Crippen LogP contribution in [0.5, 0.6) is 0 Å². The second-order valence-corrected chi connectivity index (χ2v) is 3.93. The van der Waals surface area contributed by atoms with Gasteiger partial charge in [0.05, 0.1) is 24.5 Å². The first-order valence-corrected chi connectivity index (χ1v) is 5.56. The maximum absolute atomic E-state index is 11.9. The van der Waals surface area contributed by atoms with Gasteiger partial charge in [-0.15, -0.1) is 0 Å². The highest BCUT2D eigenvalue weighted by molar-refractivity contribution is 5.97. The maximum Gasteiger partial charge on any atom is 0.251 e. The highest BCUT2D eigenvalue weighted by Crippen LogP contribution is 2.12. The Bertz CT molecular complexity index is 670. The molecule has 0 bridgehead atoms. The molecule has 2 aromatic heterocycles. The van der Waals surface area contributed by atoms with Crippen LogP contribution in [-0.2, 0) is 6.54 Å². The van der Waals surface area contributed by atoms with Gasteiger partial charge in [-0.1, -0.05) is 6.07 Å². The van der Waals surface area contributed by atoms with Gasteiger partial charge in [0.1, 0.15) is 5.76 Å². The molecule has 5 heteroatoms. The molecule has 0 aliphatic carbocycles. The van der Waals surface area contributed by atoms with Gasteiger partial charge < -0.3 is 9.73 Å². The number of hydrogen-bond acceptors (Lipinski definition) is 3. The predicted molar refractivity (Wildman–Crippen MR) is 66.0 cm³/mol. The van der Waals surface area contributed by atoms with Gasteiger partial charge in [-0.3, -0.25) is 9.89 Å². The molecular formula is C13H11N3O2. The Kier molecular flexibility index (Phi) is 2.57. The molecular weight excluding hydrogens is 230 g/mol. The molecule has 0 radical (unpaired) electrons. The van der Waals surface area contributed by atoms with Crippen molar-refractivity contribution in [1.29, 1.82) is 0 Å². The van der Waals surface area contributed by atoms with Crippen LogP contribution in [0.4, 0.5) is 0 Å². The summed E-state index contributed by atoms with van der Waals surface area (Å²) < 4.78 is 5.15. The van der Waals surface area contributed by atoms with Gasteiger partial charge in [0.15, 0.2) is 0 Å². The first kappa shape index (κ1) is 10.6. The third kappa shape index (κ3) is 1.98. The smallest absolute Gasteiger partial charge is 0.251 e. The lowest BCUT2D eigenvalue weighted by molar-refractivity contribution is 0.0948. The first-order chi connectivity index (χ1) is 8.83. The molecule has 0 saturated carbocycles. The van der Waals surface area contributed by atoms with Gasteiger partial charge in [-0.05, 0) is 24.3 Å². The van der Waals surface area contributed by atoms with Crippen molar-refractivity contribution in [3.8, 4) is 0 Å². The summed E-state index contributed by atoms with van der Waals surface area (Å²) in [5.41, 5.74) is 1.44. The van der Waals surface area contributed by atoms with E-state index in [0.29, 0.717) is 12.1 Å². The maximum atomic E-state index is 11.9. The lowest BCUT2D eigenvalue weighted by Crippen LogP contribution is -2.22. The van der Waals surface area contributed by atoms with Crippen molar-refractivity contribution in [3.63, 3.8) is 0 Å². The lowest BCUT2D eigenvalue weighted by Gasteiger charge is -2.03. The van der Waals surface area contributed by atoms with Crippen molar-refractivity contribution < 1.29 is 9.21 Å². The number of hydrogen-bond donors (Lipinski definition) is 2. The second kappa shape index (κ2) is 4.37. The van der Waals surface area contributed by atoms with Crippen LogP contribution >= 0.6 is 0 Å². The van der Waals surface area contributed by atoms with E-state index in [1.54, 1.807) is 30.7 Å². The largest absolute Gasteiger partial charge is 0.467 e. The van der Waals surface area contributed by atoms with Crippen molar-refractivity contribution in [1.82, 2.24) is 15.5 Å². The minimum absolute atomic E-state index is 0.136. The van der Waals surface area contributed by atoms with E-state index >= 15 is 0 Å². The number of benzene rings is 1. The number of nitrogens with zero attached hydrogens (tertiary/aromatic N) is 1. The number of fused-ring (bicyclic) bond motifs is 1. The van der Waals surface area contributed by atoms with Crippen LogP contribution in [-0.4, -0.2) is 16.1 Å². The molecule has 0 aliphatic heterocycles. The summed E-state index contributed by atoms with van der Waals surface area (Å²) in [7, 11) is 0. The SMILES string of the molecule is O=C(NCc1ccco1)c1ccc2cn[nH]c2c1. The molecule has 2 N–H and O–H groups in total. The monoisotopic (exact) mass is 241 g/mol. The normalized spacial score (nSPS) is 10.7. The molecule has 0 spiro atoms. The number of rotatable bonds is 3. The van der Waals surface area contributed by atoms with Crippen molar-refractivity contribution in [3.05, 3.63) is 54.1 Å². The van der Waals surface area contributed by atoms with Crippen LogP contribution in [0.15, 0.2) is 47.2 Å². The van der Waals surface area contributed by atoms with Crippen LogP contribution in [0.3, 0.4) is 0 Å². The van der Waals surface area contributed by atoms with Gasteiger partial charge in [0.2, 0.25) is 0 Å². The van der Waals surface area contributed by atoms with Crippen molar-refractivity contribution >= 4 is 16.8 Å². The second-order valence-electron chi connectivity index (χ2n) is 3.93. The summed E-state index contributed by atoms with van der Waals surface area (Å²) in [6.07, 6.45) is 3.30. The fourth-order valence-electron chi connectivity index (χ4n) is 1.76. The van der Waals surface area contributed by atoms with Gasteiger partial charge in [-0.25, -0.2) is 0 Å². The number of carbonyl (C=O) groups excluding carboxylic acids is 1. The molecule has 2 heterocycles. The summed E-state index contributed by atoms with van der Waals surface area (Å²) >= 11 is 0. The molecule has 5 nitrogen and oxygen atoms in total. The fraction of sp³-hybridized carbons (Fsp3) is 0.0769. The molecule has 0 unspecified atom stereocenters. The van der Waals surface area contributed by atoms with Crippen LogP contribution in [0.25, 0.3) is 10.9 Å². The summed E-state index contributed by atoms with van der Waals surface area (Å²) in [5.74, 6) is 0.592. The van der Waals surface area contributed by atoms with Crippen LogP contribution < -0.4 is 5.32 Å². The van der Waals surface area contributed by atoms with Crippen molar-refractivity contribution in [2.45, 2.75) is 6.54 Å². The fourth-order valence-corrected chi connectivity index (χ4v) is 1.76. The van der Waals surface area contributed by atoms with E-state index in [-0.39, 0.29) is 5.91 Å². The van der Waals surface area contributed by atoms with E-state index < -0.39 is 0 Å². The molecule has 1 aromatic carbocycles. The van der Waals surface area contributed by atoms with Crippen LogP contribution in [0.2, 0.25) is 0 Å². The molecule has 18 heavy (non-hydrogen) atoms. The van der Waals surface area contributed by atoms with E-state index in [2.05, 4.69) is 15.5 Å². The van der Waals surface area contributed by atoms with E-state index in [1.807, 2.05) is 12.1 Å². The number of amides is 1. The van der Waals surface area contributed by atoms with Gasteiger partial charge in [0.25, 0.3) is 5.91 Å². The van der Waals surface area contributed by atoms with Crippen molar-refractivity contribution in [2.24, 2.45) is 0 Å². The zero-order chi connectivity index (χ0) is 12.4. The van der Waals surface area contributed by atoms with E-state index in [9.17, 15) is 4.79 Å². The van der Waals surface area contributed by atoms with E-state index in [1.165, 1.54) is 0 Å². The number of aromatic nitrogens is 2. The highest BCUT2D eigenvalue weighted by atomic mass is 16.3. The highest BCUT2D eigenvalue weighted by Gasteiger charge is 2.07. The summed E-state index contributed by atoms with van der Waals surface area (Å²) in [5, 5.41) is 10.5. The number of aromatic amines is 1. The molecule has 0 aliphatic rings. The number of nitrogens with one attached hydrogen (secondary N) is 2. The zero-order valence-corrected chi connectivity index (χ0v) is 9.51. The molecule has 0 saturated heterocycles. The lowest BCUT2D eigenvalue weighted by atomic mass is 10.1. The van der Waals surface area contributed by atoms with Gasteiger partial charge in [-0.2, -0.15) is 5.10 Å².